The number of benzene rings is 2. The van der Waals surface area contributed by atoms with Gasteiger partial charge in [-0.15, -0.1) is 0 Å². The third kappa shape index (κ3) is 6.85. The molecule has 1 heterocycles. The van der Waals surface area contributed by atoms with Crippen molar-refractivity contribution >= 4 is 17.5 Å². The number of nitrogens with one attached hydrogen (secondary N) is 2. The highest BCUT2D eigenvalue weighted by Crippen LogP contribution is 2.32. The lowest BCUT2D eigenvalue weighted by Crippen LogP contribution is -2.33. The van der Waals surface area contributed by atoms with Gasteiger partial charge in [-0.05, 0) is 65.6 Å². The quantitative estimate of drug-likeness (QED) is 0.345. The van der Waals surface area contributed by atoms with Gasteiger partial charge in [0.2, 0.25) is 5.91 Å². The van der Waals surface area contributed by atoms with Crippen molar-refractivity contribution in [2.45, 2.75) is 71.5 Å². The van der Waals surface area contributed by atoms with Crippen molar-refractivity contribution in [3.63, 3.8) is 0 Å². The summed E-state index contributed by atoms with van der Waals surface area (Å²) in [7, 11) is 0. The summed E-state index contributed by atoms with van der Waals surface area (Å²) in [5.74, 6) is 1.31. The van der Waals surface area contributed by atoms with Crippen LogP contribution < -0.4 is 10.6 Å². The molecule has 0 bridgehead atoms. The second-order valence-corrected chi connectivity index (χ2v) is 10.3. The average Bonchev–Trinajstić information content (AvgIpc) is 3.50. The molecule has 2 N–H and O–H groups in total. The molecule has 190 valence electrons. The summed E-state index contributed by atoms with van der Waals surface area (Å²) in [6, 6.07) is 18.0. The maximum atomic E-state index is 13.3. The van der Waals surface area contributed by atoms with Crippen molar-refractivity contribution in [3.8, 4) is 0 Å². The summed E-state index contributed by atoms with van der Waals surface area (Å²) >= 11 is 0. The van der Waals surface area contributed by atoms with E-state index < -0.39 is 0 Å². The van der Waals surface area contributed by atoms with Crippen molar-refractivity contribution in [2.75, 3.05) is 11.9 Å². The van der Waals surface area contributed by atoms with Gasteiger partial charge in [0, 0.05) is 23.8 Å². The van der Waals surface area contributed by atoms with Gasteiger partial charge in [0.15, 0.2) is 0 Å². The third-order valence-corrected chi connectivity index (χ3v) is 6.50. The van der Waals surface area contributed by atoms with Gasteiger partial charge in [-0.25, -0.2) is 0 Å². The minimum absolute atomic E-state index is 0.0272. The van der Waals surface area contributed by atoms with E-state index in [1.54, 1.807) is 6.26 Å². The number of carbonyl (C=O) groups excluding carboxylic acids is 2. The standard InChI is InChI=1S/C30H37N3O3/c1-20(2)26-8-5-9-27(21(3)4)29(26)32-28(34)19-33(18-25-7-6-16-36-25)17-22-10-12-23(13-11-22)30(35)31-24-14-15-24/h5-13,16,20-21,24H,14-15,17-19H2,1-4H3,(H,31,35)(H,32,34). The van der Waals surface area contributed by atoms with Gasteiger partial charge >= 0.3 is 0 Å². The van der Waals surface area contributed by atoms with Crippen molar-refractivity contribution in [3.05, 3.63) is 88.9 Å². The van der Waals surface area contributed by atoms with Crippen LogP contribution >= 0.6 is 0 Å². The van der Waals surface area contributed by atoms with Crippen LogP contribution in [0.5, 0.6) is 0 Å². The van der Waals surface area contributed by atoms with Crippen LogP contribution in [0, 0.1) is 0 Å². The lowest BCUT2D eigenvalue weighted by Gasteiger charge is -2.24. The monoisotopic (exact) mass is 487 g/mol. The molecule has 6 heteroatoms. The van der Waals surface area contributed by atoms with Crippen LogP contribution in [0.3, 0.4) is 0 Å². The van der Waals surface area contributed by atoms with E-state index in [0.29, 0.717) is 36.5 Å². The molecule has 36 heavy (non-hydrogen) atoms. The van der Waals surface area contributed by atoms with Gasteiger partial charge in [-0.1, -0.05) is 58.0 Å². The molecule has 3 aromatic rings. The molecule has 1 aromatic heterocycles. The van der Waals surface area contributed by atoms with Gasteiger partial charge in [-0.3, -0.25) is 14.5 Å². The summed E-state index contributed by atoms with van der Waals surface area (Å²) in [6.45, 7) is 9.86. The van der Waals surface area contributed by atoms with E-state index >= 15 is 0 Å². The number of anilines is 1. The first-order valence-electron chi connectivity index (χ1n) is 12.9. The highest BCUT2D eigenvalue weighted by atomic mass is 16.3. The van der Waals surface area contributed by atoms with Crippen LogP contribution in [0.25, 0.3) is 0 Å². The molecular formula is C30H37N3O3. The maximum Gasteiger partial charge on any atom is 0.251 e. The fourth-order valence-corrected chi connectivity index (χ4v) is 4.38. The van der Waals surface area contributed by atoms with E-state index in [2.05, 4.69) is 61.4 Å². The predicted octanol–water partition coefficient (Wildman–Crippen LogP) is 6.06. The van der Waals surface area contributed by atoms with Gasteiger partial charge in [0.1, 0.15) is 5.76 Å². The molecule has 0 aliphatic heterocycles. The van der Waals surface area contributed by atoms with E-state index in [-0.39, 0.29) is 18.4 Å². The Hall–Kier alpha value is -3.38. The molecule has 0 atom stereocenters. The fourth-order valence-electron chi connectivity index (χ4n) is 4.38. The van der Waals surface area contributed by atoms with E-state index in [4.69, 9.17) is 4.42 Å². The molecule has 1 aliphatic carbocycles. The average molecular weight is 488 g/mol. The van der Waals surface area contributed by atoms with Crippen LogP contribution in [-0.2, 0) is 17.9 Å². The van der Waals surface area contributed by atoms with Crippen LogP contribution in [0.4, 0.5) is 5.69 Å². The molecule has 0 saturated heterocycles. The Morgan fingerprint density at radius 1 is 0.917 bits per heavy atom. The second kappa shape index (κ2) is 11.6. The minimum atomic E-state index is -0.0583. The van der Waals surface area contributed by atoms with E-state index in [1.807, 2.05) is 36.4 Å². The van der Waals surface area contributed by atoms with Crippen LogP contribution in [0.1, 0.15) is 85.2 Å². The zero-order valence-corrected chi connectivity index (χ0v) is 21.7. The number of nitrogens with zero attached hydrogens (tertiary/aromatic N) is 1. The zero-order chi connectivity index (χ0) is 25.7. The van der Waals surface area contributed by atoms with E-state index in [1.165, 1.54) is 0 Å². The molecule has 1 fully saturated rings. The molecule has 0 radical (unpaired) electrons. The van der Waals surface area contributed by atoms with Gasteiger partial charge < -0.3 is 15.1 Å². The van der Waals surface area contributed by atoms with Gasteiger partial charge in [0.05, 0.1) is 19.4 Å². The number of para-hydroxylation sites is 1. The first kappa shape index (κ1) is 25.7. The number of hydrogen-bond donors (Lipinski definition) is 2. The largest absolute Gasteiger partial charge is 0.468 e. The molecule has 0 spiro atoms. The lowest BCUT2D eigenvalue weighted by molar-refractivity contribution is -0.117. The lowest BCUT2D eigenvalue weighted by atomic mass is 9.92. The van der Waals surface area contributed by atoms with Crippen molar-refractivity contribution in [2.24, 2.45) is 0 Å². The van der Waals surface area contributed by atoms with Crippen molar-refractivity contribution < 1.29 is 14.0 Å². The molecule has 0 unspecified atom stereocenters. The Labute approximate surface area is 214 Å². The normalized spacial score (nSPS) is 13.4. The fraction of sp³-hybridized carbons (Fsp3) is 0.400. The van der Waals surface area contributed by atoms with E-state index in [0.717, 1.165) is 41.0 Å². The first-order chi connectivity index (χ1) is 17.3. The Kier molecular flexibility index (Phi) is 8.26. The number of carbonyl (C=O) groups is 2. The smallest absolute Gasteiger partial charge is 0.251 e. The summed E-state index contributed by atoms with van der Waals surface area (Å²) in [5.41, 5.74) is 4.91. The van der Waals surface area contributed by atoms with Crippen molar-refractivity contribution in [1.29, 1.82) is 0 Å². The van der Waals surface area contributed by atoms with Crippen LogP contribution in [0.15, 0.2) is 65.3 Å². The highest BCUT2D eigenvalue weighted by molar-refractivity contribution is 5.95. The summed E-state index contributed by atoms with van der Waals surface area (Å²) in [4.78, 5) is 27.7. The number of hydrogen-bond acceptors (Lipinski definition) is 4. The molecular weight excluding hydrogens is 450 g/mol. The topological polar surface area (TPSA) is 74.6 Å². The van der Waals surface area contributed by atoms with E-state index in [9.17, 15) is 9.59 Å². The SMILES string of the molecule is CC(C)c1cccc(C(C)C)c1NC(=O)CN(Cc1ccc(C(=O)NC2CC2)cc1)Cc1ccco1. The summed E-state index contributed by atoms with van der Waals surface area (Å²) in [5, 5.41) is 6.24. The third-order valence-electron chi connectivity index (χ3n) is 6.50. The molecule has 1 saturated carbocycles. The van der Waals surface area contributed by atoms with Gasteiger partial charge in [-0.2, -0.15) is 0 Å². The highest BCUT2D eigenvalue weighted by Gasteiger charge is 2.24. The number of amides is 2. The molecule has 6 nitrogen and oxygen atoms in total. The molecule has 2 amide bonds. The maximum absolute atomic E-state index is 13.3. The Balaban J connectivity index is 1.48. The second-order valence-electron chi connectivity index (χ2n) is 10.3. The van der Waals surface area contributed by atoms with Crippen LogP contribution in [0.2, 0.25) is 0 Å². The Morgan fingerprint density at radius 2 is 1.58 bits per heavy atom. The minimum Gasteiger partial charge on any atom is -0.468 e. The Morgan fingerprint density at radius 3 is 2.14 bits per heavy atom. The first-order valence-corrected chi connectivity index (χ1v) is 12.9. The summed E-state index contributed by atoms with van der Waals surface area (Å²) < 4.78 is 5.57. The molecule has 4 rings (SSSR count). The molecule has 2 aromatic carbocycles. The van der Waals surface area contributed by atoms with Crippen LogP contribution in [-0.4, -0.2) is 29.3 Å². The number of furan rings is 1. The molecule has 1 aliphatic rings. The number of rotatable bonds is 11. The predicted molar refractivity (Wildman–Crippen MR) is 143 cm³/mol. The Bertz CT molecular complexity index is 1140. The zero-order valence-electron chi connectivity index (χ0n) is 21.7. The van der Waals surface area contributed by atoms with Gasteiger partial charge in [0.25, 0.3) is 5.91 Å². The summed E-state index contributed by atoms with van der Waals surface area (Å²) in [6.07, 6.45) is 3.77. The van der Waals surface area contributed by atoms with Crippen molar-refractivity contribution in [1.82, 2.24) is 10.2 Å².